The van der Waals surface area contributed by atoms with Crippen LogP contribution in [0.25, 0.3) is 0 Å². The maximum absolute atomic E-state index is 10.7. The number of hydrogen-bond donors (Lipinski definition) is 3. The maximum atomic E-state index is 10.7. The predicted octanol–water partition coefficient (Wildman–Crippen LogP) is 1.71. The molecule has 1 rings (SSSR count). The van der Waals surface area contributed by atoms with E-state index in [0.717, 1.165) is 5.56 Å². The fourth-order valence-electron chi connectivity index (χ4n) is 1.33. The average Bonchev–Trinajstić information content (AvgIpc) is 2.18. The van der Waals surface area contributed by atoms with Gasteiger partial charge in [-0.1, -0.05) is 19.1 Å². The molecule has 0 heterocycles. The molecule has 6 heteroatoms. The van der Waals surface area contributed by atoms with Crippen molar-refractivity contribution in [2.45, 2.75) is 13.3 Å². The van der Waals surface area contributed by atoms with Crippen LogP contribution in [0, 0.1) is 5.92 Å². The summed E-state index contributed by atoms with van der Waals surface area (Å²) in [5.41, 5.74) is 0.864. The van der Waals surface area contributed by atoms with Gasteiger partial charge in [0.1, 0.15) is 6.66 Å². The van der Waals surface area contributed by atoms with E-state index >= 15 is 0 Å². The van der Waals surface area contributed by atoms with Gasteiger partial charge in [0.2, 0.25) is 0 Å². The van der Waals surface area contributed by atoms with Crippen molar-refractivity contribution < 1.29 is 24.2 Å². The fraction of sp³-hybridized carbons (Fsp3) is 0.364. The number of benzene rings is 1. The van der Waals surface area contributed by atoms with Crippen LogP contribution in [0.1, 0.15) is 12.5 Å². The number of aliphatic carboxylic acids is 1. The summed E-state index contributed by atoms with van der Waals surface area (Å²) in [6.45, 7) is 2.85. The minimum atomic E-state index is -3.29. The summed E-state index contributed by atoms with van der Waals surface area (Å²) in [6.07, 6.45) is 0.431. The Hall–Kier alpha value is -1.16. The molecule has 0 saturated heterocycles. The van der Waals surface area contributed by atoms with Crippen molar-refractivity contribution in [1.29, 1.82) is 0 Å². The molecule has 0 spiro atoms. The van der Waals surface area contributed by atoms with Gasteiger partial charge < -0.3 is 5.11 Å². The molecule has 3 N–H and O–H groups in total. The summed E-state index contributed by atoms with van der Waals surface area (Å²) in [4.78, 5) is 28.9. The summed E-state index contributed by atoms with van der Waals surface area (Å²) in [7, 11) is -3.29. The molecule has 0 aromatic heterocycles. The van der Waals surface area contributed by atoms with Crippen LogP contribution in [-0.2, 0) is 11.2 Å². The third-order valence-corrected chi connectivity index (χ3v) is 2.72. The zero-order valence-electron chi connectivity index (χ0n) is 9.70. The molecular formula is C11H16O5P+. The van der Waals surface area contributed by atoms with E-state index in [1.165, 1.54) is 6.66 Å². The van der Waals surface area contributed by atoms with Crippen LogP contribution in [0.3, 0.4) is 0 Å². The molecule has 1 aromatic carbocycles. The first-order chi connectivity index (χ1) is 7.78. The summed E-state index contributed by atoms with van der Waals surface area (Å²) in [5, 5.41) is 8.76. The molecule has 0 aliphatic heterocycles. The number of carboxylic acids is 1. The molecule has 0 fully saturated rings. The highest BCUT2D eigenvalue weighted by Gasteiger charge is 2.28. The standard InChI is InChI=1S/C11H15O5P/c1-8(11(12)13)7-9-3-5-10(6-4-9)16-17(2,14)15/h3-6,8,14-15H,7H2,1-2H3/p+1. The summed E-state index contributed by atoms with van der Waals surface area (Å²) in [6, 6.07) is 6.61. The molecule has 17 heavy (non-hydrogen) atoms. The highest BCUT2D eigenvalue weighted by molar-refractivity contribution is 7.59. The maximum Gasteiger partial charge on any atom is 0.448 e. The summed E-state index contributed by atoms with van der Waals surface area (Å²) >= 11 is 0. The SMILES string of the molecule is CC(Cc1ccc(O[P+](C)(O)O)cc1)C(=O)O. The zero-order chi connectivity index (χ0) is 13.1. The van der Waals surface area contributed by atoms with Crippen molar-refractivity contribution in [2.75, 3.05) is 6.66 Å². The Balaban J connectivity index is 2.65. The Bertz CT molecular complexity index is 382. The average molecular weight is 259 g/mol. The van der Waals surface area contributed by atoms with Gasteiger partial charge in [-0.05, 0) is 24.1 Å². The quantitative estimate of drug-likeness (QED) is 0.701. The van der Waals surface area contributed by atoms with Crippen LogP contribution in [0.15, 0.2) is 24.3 Å². The Morgan fingerprint density at radius 1 is 1.35 bits per heavy atom. The Labute approximate surface area is 100 Å². The van der Waals surface area contributed by atoms with Crippen molar-refractivity contribution in [1.82, 2.24) is 0 Å². The van der Waals surface area contributed by atoms with Gasteiger partial charge in [-0.15, -0.1) is 0 Å². The number of carboxylic acid groups (broad SMARTS) is 1. The third-order valence-electron chi connectivity index (χ3n) is 2.17. The van der Waals surface area contributed by atoms with E-state index in [1.54, 1.807) is 31.2 Å². The first-order valence-corrected chi connectivity index (χ1v) is 7.17. The number of carbonyl (C=O) groups is 1. The smallest absolute Gasteiger partial charge is 0.448 e. The van der Waals surface area contributed by atoms with Crippen molar-refractivity contribution >= 4 is 13.9 Å². The van der Waals surface area contributed by atoms with Gasteiger partial charge in [0.25, 0.3) is 0 Å². The van der Waals surface area contributed by atoms with Gasteiger partial charge in [0.15, 0.2) is 5.75 Å². The molecule has 1 unspecified atom stereocenters. The van der Waals surface area contributed by atoms with E-state index in [9.17, 15) is 4.79 Å². The van der Waals surface area contributed by atoms with Crippen LogP contribution in [0.2, 0.25) is 0 Å². The molecule has 5 nitrogen and oxygen atoms in total. The molecule has 0 aliphatic rings. The van der Waals surface area contributed by atoms with E-state index in [2.05, 4.69) is 0 Å². The highest BCUT2D eigenvalue weighted by Crippen LogP contribution is 2.46. The van der Waals surface area contributed by atoms with Crippen LogP contribution < -0.4 is 4.52 Å². The molecular weight excluding hydrogens is 243 g/mol. The normalized spacial score (nSPS) is 13.2. The highest BCUT2D eigenvalue weighted by atomic mass is 31.2. The minimum absolute atomic E-state index is 0.359. The third kappa shape index (κ3) is 5.13. The monoisotopic (exact) mass is 259 g/mol. The molecule has 0 saturated carbocycles. The molecule has 0 amide bonds. The minimum Gasteiger partial charge on any atom is -0.481 e. The topological polar surface area (TPSA) is 87.0 Å². The van der Waals surface area contributed by atoms with Crippen molar-refractivity contribution in [3.63, 3.8) is 0 Å². The van der Waals surface area contributed by atoms with Gasteiger partial charge in [-0.25, -0.2) is 0 Å². The van der Waals surface area contributed by atoms with Gasteiger partial charge in [0.05, 0.1) is 5.92 Å². The molecule has 0 aliphatic carbocycles. The molecule has 1 aromatic rings. The van der Waals surface area contributed by atoms with Gasteiger partial charge in [-0.3, -0.25) is 9.32 Å². The van der Waals surface area contributed by atoms with E-state index in [-0.39, 0.29) is 0 Å². The van der Waals surface area contributed by atoms with E-state index in [0.29, 0.717) is 12.2 Å². The van der Waals surface area contributed by atoms with E-state index < -0.39 is 19.8 Å². The molecule has 1 atom stereocenters. The molecule has 94 valence electrons. The molecule has 0 bridgehead atoms. The Kier molecular flexibility index (Phi) is 4.46. The fourth-order valence-corrected chi connectivity index (χ4v) is 1.85. The second-order valence-electron chi connectivity index (χ2n) is 4.01. The van der Waals surface area contributed by atoms with Gasteiger partial charge >= 0.3 is 13.9 Å². The number of hydrogen-bond acceptors (Lipinski definition) is 4. The van der Waals surface area contributed by atoms with Crippen LogP contribution in [0.4, 0.5) is 0 Å². The second-order valence-corrected chi connectivity index (χ2v) is 5.87. The van der Waals surface area contributed by atoms with Gasteiger partial charge in [-0.2, -0.15) is 9.79 Å². The van der Waals surface area contributed by atoms with E-state index in [1.807, 2.05) is 0 Å². The Morgan fingerprint density at radius 3 is 2.29 bits per heavy atom. The molecule has 0 radical (unpaired) electrons. The largest absolute Gasteiger partial charge is 0.481 e. The summed E-state index contributed by atoms with van der Waals surface area (Å²) < 4.78 is 4.92. The van der Waals surface area contributed by atoms with E-state index in [4.69, 9.17) is 19.4 Å². The van der Waals surface area contributed by atoms with Crippen LogP contribution in [0.5, 0.6) is 5.75 Å². The zero-order valence-corrected chi connectivity index (χ0v) is 10.6. The lowest BCUT2D eigenvalue weighted by atomic mass is 10.0. The van der Waals surface area contributed by atoms with Crippen molar-refractivity contribution in [3.05, 3.63) is 29.8 Å². The Morgan fingerprint density at radius 2 is 1.88 bits per heavy atom. The van der Waals surface area contributed by atoms with Crippen molar-refractivity contribution in [3.8, 4) is 5.75 Å². The van der Waals surface area contributed by atoms with Crippen LogP contribution >= 0.6 is 7.94 Å². The number of rotatable bonds is 5. The lowest BCUT2D eigenvalue weighted by molar-refractivity contribution is -0.141. The summed E-state index contributed by atoms with van der Waals surface area (Å²) in [5.74, 6) is -0.928. The lowest BCUT2D eigenvalue weighted by Gasteiger charge is -2.09. The second kappa shape index (κ2) is 5.45. The van der Waals surface area contributed by atoms with Gasteiger partial charge in [0, 0.05) is 0 Å². The lowest BCUT2D eigenvalue weighted by Crippen LogP contribution is -2.12. The first kappa shape index (κ1) is 13.9. The first-order valence-electron chi connectivity index (χ1n) is 5.11. The predicted molar refractivity (Wildman–Crippen MR) is 64.9 cm³/mol. The van der Waals surface area contributed by atoms with Crippen LogP contribution in [-0.4, -0.2) is 27.5 Å². The van der Waals surface area contributed by atoms with Crippen molar-refractivity contribution in [2.24, 2.45) is 5.92 Å².